The number of aliphatic hydroxyl groups is 1. The monoisotopic (exact) mass is 240 g/mol. The van der Waals surface area contributed by atoms with E-state index < -0.39 is 24.5 Å². The molecule has 1 heterocycles. The third kappa shape index (κ3) is 3.01. The normalized spacial score (nSPS) is 28.0. The molecule has 3 unspecified atom stereocenters. The molecule has 17 heavy (non-hydrogen) atoms. The summed E-state index contributed by atoms with van der Waals surface area (Å²) in [4.78, 5) is 11.5. The number of benzene rings is 1. The molecule has 1 aliphatic rings. The van der Waals surface area contributed by atoms with Crippen LogP contribution in [0.3, 0.4) is 0 Å². The van der Waals surface area contributed by atoms with Gasteiger partial charge in [-0.25, -0.2) is 9.18 Å². The van der Waals surface area contributed by atoms with E-state index in [1.54, 1.807) is 30.3 Å². The molecule has 1 saturated heterocycles. The van der Waals surface area contributed by atoms with Crippen LogP contribution in [-0.4, -0.2) is 36.2 Å². The summed E-state index contributed by atoms with van der Waals surface area (Å²) in [5, 5.41) is 9.01. The van der Waals surface area contributed by atoms with Crippen molar-refractivity contribution in [1.29, 1.82) is 0 Å². The first-order valence-electron chi connectivity index (χ1n) is 5.36. The van der Waals surface area contributed by atoms with Crippen LogP contribution in [0, 0.1) is 0 Å². The van der Waals surface area contributed by atoms with Gasteiger partial charge in [0.25, 0.3) is 0 Å². The molecule has 1 aliphatic heterocycles. The number of halogens is 1. The molecule has 0 spiro atoms. The number of alkyl halides is 1. The number of hydrogen-bond donors (Lipinski definition) is 1. The molecule has 92 valence electrons. The van der Waals surface area contributed by atoms with Gasteiger partial charge in [-0.3, -0.25) is 0 Å². The number of esters is 1. The molecule has 0 aliphatic carbocycles. The predicted molar refractivity (Wildman–Crippen MR) is 57.1 cm³/mol. The second-order valence-corrected chi connectivity index (χ2v) is 3.86. The Labute approximate surface area is 98.0 Å². The third-order valence-electron chi connectivity index (χ3n) is 2.54. The molecule has 4 nitrogen and oxygen atoms in total. The van der Waals surface area contributed by atoms with Gasteiger partial charge in [-0.05, 0) is 12.1 Å². The van der Waals surface area contributed by atoms with Gasteiger partial charge in [-0.1, -0.05) is 18.2 Å². The summed E-state index contributed by atoms with van der Waals surface area (Å²) in [6, 6.07) is 8.50. The van der Waals surface area contributed by atoms with Gasteiger partial charge in [0.05, 0.1) is 11.7 Å². The zero-order valence-corrected chi connectivity index (χ0v) is 9.08. The second kappa shape index (κ2) is 5.25. The average molecular weight is 240 g/mol. The highest BCUT2D eigenvalue weighted by Gasteiger charge is 2.34. The summed E-state index contributed by atoms with van der Waals surface area (Å²) in [7, 11) is 0. The van der Waals surface area contributed by atoms with Crippen LogP contribution < -0.4 is 0 Å². The molecule has 5 heteroatoms. The summed E-state index contributed by atoms with van der Waals surface area (Å²) in [5.74, 6) is -0.481. The van der Waals surface area contributed by atoms with Crippen molar-refractivity contribution in [2.24, 2.45) is 0 Å². The molecule has 1 aromatic rings. The van der Waals surface area contributed by atoms with Gasteiger partial charge in [0, 0.05) is 6.42 Å². The molecule has 1 fully saturated rings. The van der Waals surface area contributed by atoms with Crippen LogP contribution >= 0.6 is 0 Å². The molecular formula is C12H13FO4. The smallest absolute Gasteiger partial charge is 0.338 e. The summed E-state index contributed by atoms with van der Waals surface area (Å²) in [6.45, 7) is -0.0504. The van der Waals surface area contributed by atoms with Crippen LogP contribution in [0.2, 0.25) is 0 Å². The highest BCUT2D eigenvalue weighted by Crippen LogP contribution is 2.21. The Morgan fingerprint density at radius 3 is 2.76 bits per heavy atom. The Balaban J connectivity index is 1.81. The van der Waals surface area contributed by atoms with Gasteiger partial charge in [-0.2, -0.15) is 0 Å². The average Bonchev–Trinajstić information content (AvgIpc) is 2.67. The molecule has 2 rings (SSSR count). The van der Waals surface area contributed by atoms with E-state index in [1.807, 2.05) is 0 Å². The first-order chi connectivity index (χ1) is 8.16. The van der Waals surface area contributed by atoms with Crippen molar-refractivity contribution in [2.75, 3.05) is 6.61 Å². The number of rotatable bonds is 3. The van der Waals surface area contributed by atoms with Gasteiger partial charge in [-0.15, -0.1) is 0 Å². The summed E-state index contributed by atoms with van der Waals surface area (Å²) < 4.78 is 22.7. The van der Waals surface area contributed by atoms with Crippen molar-refractivity contribution in [3.8, 4) is 0 Å². The van der Waals surface area contributed by atoms with Crippen LogP contribution in [0.15, 0.2) is 30.3 Å². The molecular weight excluding hydrogens is 227 g/mol. The standard InChI is InChI=1S/C12H13FO4/c13-10-6-9(17-12(10)15)7-16-11(14)8-4-2-1-3-5-8/h1-5,9-10,12,15H,6-7H2. The van der Waals surface area contributed by atoms with E-state index in [9.17, 15) is 9.18 Å². The van der Waals surface area contributed by atoms with E-state index in [4.69, 9.17) is 14.6 Å². The zero-order chi connectivity index (χ0) is 12.3. The third-order valence-corrected chi connectivity index (χ3v) is 2.54. The maximum Gasteiger partial charge on any atom is 0.338 e. The van der Waals surface area contributed by atoms with Crippen LogP contribution in [0.25, 0.3) is 0 Å². The number of carbonyl (C=O) groups excluding carboxylic acids is 1. The molecule has 1 aromatic carbocycles. The lowest BCUT2D eigenvalue weighted by atomic mass is 10.2. The molecule has 3 atom stereocenters. The van der Waals surface area contributed by atoms with E-state index in [0.717, 1.165) is 0 Å². The second-order valence-electron chi connectivity index (χ2n) is 3.86. The fourth-order valence-corrected chi connectivity index (χ4v) is 1.64. The Bertz CT molecular complexity index is 371. The van der Waals surface area contributed by atoms with Gasteiger partial charge < -0.3 is 14.6 Å². The summed E-state index contributed by atoms with van der Waals surface area (Å²) in [6.07, 6.45) is -3.35. The number of hydrogen-bond acceptors (Lipinski definition) is 4. The fourth-order valence-electron chi connectivity index (χ4n) is 1.64. The number of carbonyl (C=O) groups is 1. The van der Waals surface area contributed by atoms with Crippen molar-refractivity contribution in [1.82, 2.24) is 0 Å². The summed E-state index contributed by atoms with van der Waals surface area (Å²) >= 11 is 0. The Hall–Kier alpha value is -1.46. The van der Waals surface area contributed by atoms with Crippen LogP contribution in [0.4, 0.5) is 4.39 Å². The Kier molecular flexibility index (Phi) is 3.71. The number of aliphatic hydroxyl groups excluding tert-OH is 1. The Morgan fingerprint density at radius 2 is 2.18 bits per heavy atom. The highest BCUT2D eigenvalue weighted by atomic mass is 19.1. The maximum absolute atomic E-state index is 12.9. The largest absolute Gasteiger partial charge is 0.459 e. The molecule has 1 N–H and O–H groups in total. The topological polar surface area (TPSA) is 55.8 Å². The lowest BCUT2D eigenvalue weighted by molar-refractivity contribution is -0.121. The minimum atomic E-state index is -1.41. The van der Waals surface area contributed by atoms with E-state index in [1.165, 1.54) is 0 Å². The molecule has 0 amide bonds. The first kappa shape index (κ1) is 12.0. The van der Waals surface area contributed by atoms with Crippen LogP contribution in [0.1, 0.15) is 16.8 Å². The van der Waals surface area contributed by atoms with E-state index in [2.05, 4.69) is 0 Å². The van der Waals surface area contributed by atoms with E-state index >= 15 is 0 Å². The Morgan fingerprint density at radius 1 is 1.47 bits per heavy atom. The molecule has 0 radical (unpaired) electrons. The van der Waals surface area contributed by atoms with Crippen molar-refractivity contribution in [2.45, 2.75) is 25.0 Å². The van der Waals surface area contributed by atoms with Gasteiger partial charge in [0.15, 0.2) is 12.5 Å². The predicted octanol–water partition coefficient (Wildman–Crippen LogP) is 1.29. The van der Waals surface area contributed by atoms with Crippen LogP contribution in [-0.2, 0) is 9.47 Å². The minimum Gasteiger partial charge on any atom is -0.459 e. The van der Waals surface area contributed by atoms with Gasteiger partial charge in [0.1, 0.15) is 6.61 Å². The zero-order valence-electron chi connectivity index (χ0n) is 9.08. The lowest BCUT2D eigenvalue weighted by Gasteiger charge is -2.10. The fraction of sp³-hybridized carbons (Fsp3) is 0.417. The minimum absolute atomic E-state index is 0.0449. The van der Waals surface area contributed by atoms with Crippen molar-refractivity contribution < 1.29 is 23.8 Å². The molecule has 0 aromatic heterocycles. The van der Waals surface area contributed by atoms with Crippen molar-refractivity contribution >= 4 is 5.97 Å². The van der Waals surface area contributed by atoms with E-state index in [0.29, 0.717) is 5.56 Å². The summed E-state index contributed by atoms with van der Waals surface area (Å²) in [5.41, 5.74) is 0.433. The van der Waals surface area contributed by atoms with Gasteiger partial charge in [0.2, 0.25) is 0 Å². The van der Waals surface area contributed by atoms with Gasteiger partial charge >= 0.3 is 5.97 Å². The van der Waals surface area contributed by atoms with Crippen molar-refractivity contribution in [3.05, 3.63) is 35.9 Å². The van der Waals surface area contributed by atoms with E-state index in [-0.39, 0.29) is 13.0 Å². The van der Waals surface area contributed by atoms with Crippen LogP contribution in [0.5, 0.6) is 0 Å². The molecule has 0 saturated carbocycles. The number of ether oxygens (including phenoxy) is 2. The highest BCUT2D eigenvalue weighted by molar-refractivity contribution is 5.89. The first-order valence-corrected chi connectivity index (χ1v) is 5.36. The lowest BCUT2D eigenvalue weighted by Crippen LogP contribution is -2.19. The molecule has 0 bridgehead atoms. The maximum atomic E-state index is 12.9. The SMILES string of the molecule is O=C(OCC1CC(F)C(O)O1)c1ccccc1. The quantitative estimate of drug-likeness (QED) is 0.809. The van der Waals surface area contributed by atoms with Crippen molar-refractivity contribution in [3.63, 3.8) is 0 Å².